The van der Waals surface area contributed by atoms with E-state index >= 15 is 0 Å². The van der Waals surface area contributed by atoms with Crippen molar-refractivity contribution >= 4 is 11.9 Å². The molecule has 0 saturated carbocycles. The van der Waals surface area contributed by atoms with Crippen molar-refractivity contribution < 1.29 is 28.5 Å². The van der Waals surface area contributed by atoms with E-state index in [9.17, 15) is 9.59 Å². The van der Waals surface area contributed by atoms with Gasteiger partial charge < -0.3 is 18.9 Å². The number of hydrogen-bond acceptors (Lipinski definition) is 6. The van der Waals surface area contributed by atoms with E-state index in [1.807, 2.05) is 0 Å². The second kappa shape index (κ2) is 14.7. The number of unbranched alkanes of at least 4 members (excludes halogenated alkanes) is 4. The molecule has 33 heavy (non-hydrogen) atoms. The van der Waals surface area contributed by atoms with Gasteiger partial charge in [-0.25, -0.2) is 9.59 Å². The summed E-state index contributed by atoms with van der Waals surface area (Å²) in [6, 6.07) is 13.9. The smallest absolute Gasteiger partial charge is 0.343 e. The average molecular weight is 455 g/mol. The highest BCUT2D eigenvalue weighted by Gasteiger charge is 2.09. The van der Waals surface area contributed by atoms with Crippen LogP contribution in [-0.4, -0.2) is 31.8 Å². The summed E-state index contributed by atoms with van der Waals surface area (Å²) >= 11 is 0. The van der Waals surface area contributed by atoms with Gasteiger partial charge in [0, 0.05) is 5.57 Å². The second-order valence-electron chi connectivity index (χ2n) is 7.77. The van der Waals surface area contributed by atoms with Crippen molar-refractivity contribution in [2.75, 3.05) is 19.8 Å². The Morgan fingerprint density at radius 1 is 0.727 bits per heavy atom. The van der Waals surface area contributed by atoms with Gasteiger partial charge in [-0.05, 0) is 74.7 Å². The lowest BCUT2D eigenvalue weighted by Crippen LogP contribution is -2.08. The van der Waals surface area contributed by atoms with Crippen molar-refractivity contribution in [3.05, 3.63) is 66.2 Å². The van der Waals surface area contributed by atoms with Gasteiger partial charge in [0.15, 0.2) is 0 Å². The first kappa shape index (κ1) is 26.0. The van der Waals surface area contributed by atoms with E-state index in [0.717, 1.165) is 25.0 Å². The van der Waals surface area contributed by atoms with E-state index in [-0.39, 0.29) is 5.97 Å². The van der Waals surface area contributed by atoms with E-state index in [1.165, 1.54) is 12.8 Å². The number of ether oxygens (including phenoxy) is 4. The summed E-state index contributed by atoms with van der Waals surface area (Å²) in [7, 11) is 0. The molecule has 0 fully saturated rings. The standard InChI is InChI=1S/C27H34O6/c1-4-5-6-7-18-30-23-12-10-22(11-13-23)27(29)33-25-16-14-24(15-17-25)31-19-8-9-20-32-26(28)21(2)3/h10-17H,2,4-9,18-20H2,1,3H3. The SMILES string of the molecule is C=C(C)C(=O)OCCCCOc1ccc(OC(=O)c2ccc(OCCCCCC)cc2)cc1. The molecule has 2 rings (SSSR count). The normalized spacial score (nSPS) is 10.4. The highest BCUT2D eigenvalue weighted by molar-refractivity contribution is 5.91. The zero-order valence-electron chi connectivity index (χ0n) is 19.6. The zero-order chi connectivity index (χ0) is 23.9. The molecule has 0 aliphatic heterocycles. The van der Waals surface area contributed by atoms with Crippen LogP contribution in [0, 0.1) is 0 Å². The number of esters is 2. The molecular formula is C27H34O6. The maximum Gasteiger partial charge on any atom is 0.343 e. The van der Waals surface area contributed by atoms with Crippen LogP contribution in [0.1, 0.15) is 62.7 Å². The Balaban J connectivity index is 1.68. The molecule has 2 aromatic carbocycles. The number of benzene rings is 2. The summed E-state index contributed by atoms with van der Waals surface area (Å²) in [4.78, 5) is 23.7. The average Bonchev–Trinajstić information content (AvgIpc) is 2.82. The highest BCUT2D eigenvalue weighted by atomic mass is 16.5. The maximum atomic E-state index is 12.4. The van der Waals surface area contributed by atoms with Crippen molar-refractivity contribution in [3.8, 4) is 17.2 Å². The predicted molar refractivity (Wildman–Crippen MR) is 128 cm³/mol. The summed E-state index contributed by atoms with van der Waals surface area (Å²) < 4.78 is 21.8. The van der Waals surface area contributed by atoms with Crippen molar-refractivity contribution in [2.24, 2.45) is 0 Å². The van der Waals surface area contributed by atoms with Crippen molar-refractivity contribution in [2.45, 2.75) is 52.4 Å². The molecule has 178 valence electrons. The van der Waals surface area contributed by atoms with Crippen LogP contribution >= 0.6 is 0 Å². The molecule has 6 heteroatoms. The molecule has 0 unspecified atom stereocenters. The van der Waals surface area contributed by atoms with E-state index in [4.69, 9.17) is 18.9 Å². The van der Waals surface area contributed by atoms with E-state index in [1.54, 1.807) is 55.5 Å². The van der Waals surface area contributed by atoms with Crippen molar-refractivity contribution in [3.63, 3.8) is 0 Å². The van der Waals surface area contributed by atoms with E-state index in [0.29, 0.717) is 48.9 Å². The summed E-state index contributed by atoms with van der Waals surface area (Å²) in [5.74, 6) is 1.06. The van der Waals surface area contributed by atoms with Crippen LogP contribution in [0.3, 0.4) is 0 Å². The molecule has 0 saturated heterocycles. The number of carbonyl (C=O) groups is 2. The molecular weight excluding hydrogens is 420 g/mol. The van der Waals surface area contributed by atoms with Gasteiger partial charge in [-0.2, -0.15) is 0 Å². The molecule has 0 N–H and O–H groups in total. The number of carbonyl (C=O) groups excluding carboxylic acids is 2. The fraction of sp³-hybridized carbons (Fsp3) is 0.407. The Hall–Kier alpha value is -3.28. The first-order valence-electron chi connectivity index (χ1n) is 11.5. The van der Waals surface area contributed by atoms with Crippen LogP contribution in [0.2, 0.25) is 0 Å². The predicted octanol–water partition coefficient (Wildman–Crippen LogP) is 6.14. The van der Waals surface area contributed by atoms with E-state index < -0.39 is 5.97 Å². The summed E-state index contributed by atoms with van der Waals surface area (Å²) in [5.41, 5.74) is 0.854. The monoisotopic (exact) mass is 454 g/mol. The van der Waals surface area contributed by atoms with E-state index in [2.05, 4.69) is 13.5 Å². The van der Waals surface area contributed by atoms with Gasteiger partial charge in [-0.15, -0.1) is 0 Å². The zero-order valence-corrected chi connectivity index (χ0v) is 19.6. The first-order valence-corrected chi connectivity index (χ1v) is 11.5. The second-order valence-corrected chi connectivity index (χ2v) is 7.77. The van der Waals surface area contributed by atoms with Crippen LogP contribution in [-0.2, 0) is 9.53 Å². The van der Waals surface area contributed by atoms with Crippen LogP contribution in [0.5, 0.6) is 17.2 Å². The third-order valence-electron chi connectivity index (χ3n) is 4.78. The van der Waals surface area contributed by atoms with Gasteiger partial charge in [-0.3, -0.25) is 0 Å². The lowest BCUT2D eigenvalue weighted by molar-refractivity contribution is -0.139. The quantitative estimate of drug-likeness (QED) is 0.139. The Bertz CT molecular complexity index is 870. The van der Waals surface area contributed by atoms with Crippen LogP contribution in [0.25, 0.3) is 0 Å². The van der Waals surface area contributed by atoms with Gasteiger partial charge in [-0.1, -0.05) is 32.8 Å². The molecule has 0 heterocycles. The first-order chi connectivity index (χ1) is 16.0. The minimum atomic E-state index is -0.428. The Morgan fingerprint density at radius 2 is 1.24 bits per heavy atom. The topological polar surface area (TPSA) is 71.1 Å². The van der Waals surface area contributed by atoms with Crippen LogP contribution in [0.15, 0.2) is 60.7 Å². The molecule has 2 aromatic rings. The van der Waals surface area contributed by atoms with Gasteiger partial charge in [0.05, 0.1) is 25.4 Å². The fourth-order valence-electron chi connectivity index (χ4n) is 2.86. The van der Waals surface area contributed by atoms with Crippen LogP contribution in [0.4, 0.5) is 0 Å². The summed E-state index contributed by atoms with van der Waals surface area (Å²) in [5, 5.41) is 0. The molecule has 0 aliphatic carbocycles. The summed E-state index contributed by atoms with van der Waals surface area (Å²) in [6.45, 7) is 8.86. The van der Waals surface area contributed by atoms with Gasteiger partial charge >= 0.3 is 11.9 Å². The third-order valence-corrected chi connectivity index (χ3v) is 4.78. The Labute approximate surface area is 196 Å². The molecule has 0 aromatic heterocycles. The van der Waals surface area contributed by atoms with Gasteiger partial charge in [0.1, 0.15) is 17.2 Å². The highest BCUT2D eigenvalue weighted by Crippen LogP contribution is 2.20. The molecule has 0 amide bonds. The molecule has 0 radical (unpaired) electrons. The Morgan fingerprint density at radius 3 is 1.82 bits per heavy atom. The number of hydrogen-bond donors (Lipinski definition) is 0. The molecule has 0 bridgehead atoms. The number of rotatable bonds is 15. The van der Waals surface area contributed by atoms with Crippen molar-refractivity contribution in [1.29, 1.82) is 0 Å². The molecule has 6 nitrogen and oxygen atoms in total. The van der Waals surface area contributed by atoms with Gasteiger partial charge in [0.2, 0.25) is 0 Å². The fourth-order valence-corrected chi connectivity index (χ4v) is 2.86. The minimum absolute atomic E-state index is 0.343. The minimum Gasteiger partial charge on any atom is -0.494 e. The molecule has 0 aliphatic rings. The molecule has 0 spiro atoms. The van der Waals surface area contributed by atoms with Gasteiger partial charge in [0.25, 0.3) is 0 Å². The third kappa shape index (κ3) is 10.3. The summed E-state index contributed by atoms with van der Waals surface area (Å²) in [6.07, 6.45) is 6.06. The lowest BCUT2D eigenvalue weighted by atomic mass is 10.2. The largest absolute Gasteiger partial charge is 0.494 e. The lowest BCUT2D eigenvalue weighted by Gasteiger charge is -2.09. The maximum absolute atomic E-state index is 12.4. The molecule has 0 atom stereocenters. The van der Waals surface area contributed by atoms with Crippen molar-refractivity contribution in [1.82, 2.24) is 0 Å². The Kier molecular flexibility index (Phi) is 11.6. The van der Waals surface area contributed by atoms with Crippen LogP contribution < -0.4 is 14.2 Å².